The number of nitrogens with zero attached hydrogens (tertiary/aromatic N) is 2. The molecule has 0 aromatic rings. The summed E-state index contributed by atoms with van der Waals surface area (Å²) in [6.45, 7) is 10.6. The largest absolute Gasteiger partial charge is 0.343 e. The molecule has 4 nitrogen and oxygen atoms in total. The van der Waals surface area contributed by atoms with E-state index in [0.29, 0.717) is 18.5 Å². The van der Waals surface area contributed by atoms with Crippen molar-refractivity contribution >= 4 is 5.91 Å². The van der Waals surface area contributed by atoms with Gasteiger partial charge in [0.05, 0.1) is 0 Å². The van der Waals surface area contributed by atoms with Crippen molar-refractivity contribution in [1.82, 2.24) is 9.80 Å². The maximum absolute atomic E-state index is 12.2. The van der Waals surface area contributed by atoms with Gasteiger partial charge in [0, 0.05) is 44.2 Å². The minimum absolute atomic E-state index is 0.238. The monoisotopic (exact) mass is 269 g/mol. The summed E-state index contributed by atoms with van der Waals surface area (Å²) in [6, 6.07) is 1.02. The number of nitrogens with two attached hydrogens (primary N) is 1. The van der Waals surface area contributed by atoms with Gasteiger partial charge in [-0.1, -0.05) is 0 Å². The molecule has 1 rings (SSSR count). The van der Waals surface area contributed by atoms with E-state index in [4.69, 9.17) is 5.73 Å². The number of amides is 1. The third kappa shape index (κ3) is 5.49. The van der Waals surface area contributed by atoms with Crippen LogP contribution in [-0.4, -0.2) is 53.5 Å². The van der Waals surface area contributed by atoms with E-state index >= 15 is 0 Å². The molecule has 1 heterocycles. The van der Waals surface area contributed by atoms with Crippen molar-refractivity contribution in [2.24, 2.45) is 5.73 Å². The van der Waals surface area contributed by atoms with Crippen molar-refractivity contribution in [3.63, 3.8) is 0 Å². The van der Waals surface area contributed by atoms with Gasteiger partial charge in [-0.2, -0.15) is 0 Å². The van der Waals surface area contributed by atoms with E-state index in [9.17, 15) is 4.79 Å². The van der Waals surface area contributed by atoms with E-state index in [0.717, 1.165) is 32.4 Å². The summed E-state index contributed by atoms with van der Waals surface area (Å²) >= 11 is 0. The first-order valence-corrected chi connectivity index (χ1v) is 7.49. The predicted molar refractivity (Wildman–Crippen MR) is 80.0 cm³/mol. The molecule has 0 atom stereocenters. The topological polar surface area (TPSA) is 49.6 Å². The molecule has 1 aliphatic rings. The van der Waals surface area contributed by atoms with Crippen molar-refractivity contribution < 1.29 is 4.79 Å². The molecule has 1 fully saturated rings. The zero-order valence-electron chi connectivity index (χ0n) is 13.3. The van der Waals surface area contributed by atoms with Gasteiger partial charge >= 0.3 is 0 Å². The standard InChI is InChI=1S/C15H31N3O/c1-12(2)18-10-7-13(8-11-18)17(5)14(19)6-9-15(3,4)16/h12-13H,6-11,16H2,1-5H3. The molecule has 0 radical (unpaired) electrons. The van der Waals surface area contributed by atoms with Gasteiger partial charge < -0.3 is 15.5 Å². The highest BCUT2D eigenvalue weighted by molar-refractivity contribution is 5.76. The van der Waals surface area contributed by atoms with E-state index in [1.165, 1.54) is 0 Å². The van der Waals surface area contributed by atoms with Crippen LogP contribution in [0.2, 0.25) is 0 Å². The van der Waals surface area contributed by atoms with E-state index in [-0.39, 0.29) is 11.4 Å². The van der Waals surface area contributed by atoms with Crippen molar-refractivity contribution in [2.45, 2.75) is 71.0 Å². The van der Waals surface area contributed by atoms with Gasteiger partial charge in [0.2, 0.25) is 5.91 Å². The highest BCUT2D eigenvalue weighted by Gasteiger charge is 2.26. The molecular weight excluding hydrogens is 238 g/mol. The molecule has 0 aromatic carbocycles. The fourth-order valence-corrected chi connectivity index (χ4v) is 2.60. The van der Waals surface area contributed by atoms with Crippen LogP contribution in [0.15, 0.2) is 0 Å². The molecule has 0 spiro atoms. The average molecular weight is 269 g/mol. The molecule has 4 heteroatoms. The highest BCUT2D eigenvalue weighted by Crippen LogP contribution is 2.19. The summed E-state index contributed by atoms with van der Waals surface area (Å²) in [5.41, 5.74) is 5.68. The molecule has 0 aromatic heterocycles. The van der Waals surface area contributed by atoms with Crippen LogP contribution in [0.5, 0.6) is 0 Å². The first kappa shape index (κ1) is 16.4. The van der Waals surface area contributed by atoms with Crippen LogP contribution in [0.3, 0.4) is 0 Å². The summed E-state index contributed by atoms with van der Waals surface area (Å²) in [6.07, 6.45) is 3.49. The summed E-state index contributed by atoms with van der Waals surface area (Å²) in [4.78, 5) is 16.6. The molecule has 2 N–H and O–H groups in total. The Morgan fingerprint density at radius 2 is 1.89 bits per heavy atom. The zero-order chi connectivity index (χ0) is 14.6. The van der Waals surface area contributed by atoms with Gasteiger partial charge in [-0.15, -0.1) is 0 Å². The van der Waals surface area contributed by atoms with Crippen LogP contribution in [0.1, 0.15) is 53.4 Å². The van der Waals surface area contributed by atoms with Gasteiger partial charge in [0.1, 0.15) is 0 Å². The smallest absolute Gasteiger partial charge is 0.222 e. The number of hydrogen-bond donors (Lipinski definition) is 1. The number of rotatable bonds is 5. The molecule has 1 amide bonds. The van der Waals surface area contributed by atoms with Gasteiger partial charge in [-0.05, 0) is 47.0 Å². The summed E-state index contributed by atoms with van der Waals surface area (Å²) in [7, 11) is 1.95. The Hall–Kier alpha value is -0.610. The van der Waals surface area contributed by atoms with Crippen LogP contribution >= 0.6 is 0 Å². The molecule has 1 aliphatic heterocycles. The van der Waals surface area contributed by atoms with E-state index in [2.05, 4.69) is 18.7 Å². The lowest BCUT2D eigenvalue weighted by molar-refractivity contribution is -0.133. The summed E-state index contributed by atoms with van der Waals surface area (Å²) in [5, 5.41) is 0. The Kier molecular flexibility index (Phi) is 5.81. The number of hydrogen-bond acceptors (Lipinski definition) is 3. The normalized spacial score (nSPS) is 18.9. The van der Waals surface area contributed by atoms with Crippen LogP contribution in [0, 0.1) is 0 Å². The number of piperidine rings is 1. The van der Waals surface area contributed by atoms with E-state index in [1.54, 1.807) is 0 Å². The Balaban J connectivity index is 2.38. The Labute approximate surface area is 118 Å². The van der Waals surface area contributed by atoms with Crippen LogP contribution in [0.25, 0.3) is 0 Å². The van der Waals surface area contributed by atoms with Crippen molar-refractivity contribution in [3.8, 4) is 0 Å². The Morgan fingerprint density at radius 3 is 2.32 bits per heavy atom. The lowest BCUT2D eigenvalue weighted by Gasteiger charge is -2.38. The lowest BCUT2D eigenvalue weighted by Crippen LogP contribution is -2.47. The van der Waals surface area contributed by atoms with Crippen LogP contribution in [-0.2, 0) is 4.79 Å². The molecule has 19 heavy (non-hydrogen) atoms. The third-order valence-electron chi connectivity index (χ3n) is 4.15. The predicted octanol–water partition coefficient (Wildman–Crippen LogP) is 1.84. The number of carbonyl (C=O) groups is 1. The summed E-state index contributed by atoms with van der Waals surface area (Å²) in [5.74, 6) is 0.238. The minimum Gasteiger partial charge on any atom is -0.343 e. The fraction of sp³-hybridized carbons (Fsp3) is 0.933. The SMILES string of the molecule is CC(C)N1CCC(N(C)C(=O)CCC(C)(C)N)CC1. The molecule has 1 saturated heterocycles. The first-order chi connectivity index (χ1) is 8.70. The zero-order valence-corrected chi connectivity index (χ0v) is 13.3. The van der Waals surface area contributed by atoms with Crippen molar-refractivity contribution in [2.75, 3.05) is 20.1 Å². The number of likely N-dealkylation sites (tertiary alicyclic amines) is 1. The molecule has 0 bridgehead atoms. The first-order valence-electron chi connectivity index (χ1n) is 7.49. The average Bonchev–Trinajstić information content (AvgIpc) is 2.34. The van der Waals surface area contributed by atoms with Crippen molar-refractivity contribution in [3.05, 3.63) is 0 Å². The van der Waals surface area contributed by atoms with Gasteiger partial charge in [0.25, 0.3) is 0 Å². The molecule has 112 valence electrons. The number of carbonyl (C=O) groups excluding carboxylic acids is 1. The highest BCUT2D eigenvalue weighted by atomic mass is 16.2. The molecule has 0 aliphatic carbocycles. The lowest BCUT2D eigenvalue weighted by atomic mass is 9.98. The molecule has 0 unspecified atom stereocenters. The Morgan fingerprint density at radius 1 is 1.37 bits per heavy atom. The maximum atomic E-state index is 12.2. The third-order valence-corrected chi connectivity index (χ3v) is 4.15. The molecular formula is C15H31N3O. The quantitative estimate of drug-likeness (QED) is 0.828. The van der Waals surface area contributed by atoms with E-state index in [1.807, 2.05) is 25.8 Å². The second-order valence-corrected chi connectivity index (χ2v) is 6.85. The fourth-order valence-electron chi connectivity index (χ4n) is 2.60. The van der Waals surface area contributed by atoms with Gasteiger partial charge in [0.15, 0.2) is 0 Å². The van der Waals surface area contributed by atoms with Crippen LogP contribution in [0.4, 0.5) is 0 Å². The second kappa shape index (κ2) is 6.71. The van der Waals surface area contributed by atoms with E-state index < -0.39 is 0 Å². The van der Waals surface area contributed by atoms with Gasteiger partial charge in [-0.25, -0.2) is 0 Å². The second-order valence-electron chi connectivity index (χ2n) is 6.85. The van der Waals surface area contributed by atoms with Crippen LogP contribution < -0.4 is 5.73 Å². The summed E-state index contributed by atoms with van der Waals surface area (Å²) < 4.78 is 0. The van der Waals surface area contributed by atoms with Gasteiger partial charge in [-0.3, -0.25) is 4.79 Å². The molecule has 0 saturated carbocycles. The van der Waals surface area contributed by atoms with Crippen molar-refractivity contribution in [1.29, 1.82) is 0 Å². The Bertz CT molecular complexity index is 288. The minimum atomic E-state index is -0.252. The maximum Gasteiger partial charge on any atom is 0.222 e.